The first-order valence-electron chi connectivity index (χ1n) is 5.90. The molecule has 0 unspecified atom stereocenters. The van der Waals surface area contributed by atoms with Crippen molar-refractivity contribution in [2.75, 3.05) is 7.11 Å². The average Bonchev–Trinajstić information content (AvgIpc) is 2.46. The number of carboxylic acids is 1. The summed E-state index contributed by atoms with van der Waals surface area (Å²) in [4.78, 5) is 10.8. The predicted molar refractivity (Wildman–Crippen MR) is 70.7 cm³/mol. The van der Waals surface area contributed by atoms with Crippen LogP contribution in [0.2, 0.25) is 0 Å². The zero-order chi connectivity index (χ0) is 14.5. The van der Waals surface area contributed by atoms with E-state index >= 15 is 0 Å². The fourth-order valence-electron chi connectivity index (χ4n) is 1.75. The highest BCUT2D eigenvalue weighted by Gasteiger charge is 2.14. The summed E-state index contributed by atoms with van der Waals surface area (Å²) in [5, 5.41) is 8.86. The Bertz CT molecular complexity index is 625. The van der Waals surface area contributed by atoms with Crippen LogP contribution in [-0.2, 0) is 6.61 Å². The highest BCUT2D eigenvalue weighted by molar-refractivity contribution is 5.88. The Labute approximate surface area is 115 Å². The molecule has 0 saturated carbocycles. The zero-order valence-electron chi connectivity index (χ0n) is 10.8. The van der Waals surface area contributed by atoms with Crippen molar-refractivity contribution >= 4 is 5.97 Å². The number of methoxy groups -OCH3 is 1. The van der Waals surface area contributed by atoms with Gasteiger partial charge in [0.05, 0.1) is 12.7 Å². The Kier molecular flexibility index (Phi) is 4.20. The number of carboxylic acid groups (broad SMARTS) is 1. The van der Waals surface area contributed by atoms with E-state index in [0.717, 1.165) is 0 Å². The van der Waals surface area contributed by atoms with Crippen LogP contribution in [0.4, 0.5) is 4.39 Å². The van der Waals surface area contributed by atoms with Gasteiger partial charge in [0.2, 0.25) is 0 Å². The first-order chi connectivity index (χ1) is 9.63. The lowest BCUT2D eigenvalue weighted by Gasteiger charge is -2.11. The van der Waals surface area contributed by atoms with E-state index < -0.39 is 11.8 Å². The maximum Gasteiger partial charge on any atom is 0.338 e. The van der Waals surface area contributed by atoms with Gasteiger partial charge in [-0.15, -0.1) is 0 Å². The SMILES string of the molecule is COc1ccccc1OCc1cccc(C(=O)O)c1F. The summed E-state index contributed by atoms with van der Waals surface area (Å²) in [6, 6.07) is 11.1. The van der Waals surface area contributed by atoms with E-state index in [9.17, 15) is 9.18 Å². The third-order valence-electron chi connectivity index (χ3n) is 2.76. The molecule has 2 rings (SSSR count). The molecule has 5 heteroatoms. The van der Waals surface area contributed by atoms with Crippen LogP contribution < -0.4 is 9.47 Å². The molecule has 0 amide bonds. The molecule has 20 heavy (non-hydrogen) atoms. The lowest BCUT2D eigenvalue weighted by molar-refractivity contribution is 0.0691. The van der Waals surface area contributed by atoms with Crippen molar-refractivity contribution in [2.24, 2.45) is 0 Å². The van der Waals surface area contributed by atoms with Crippen LogP contribution in [0.25, 0.3) is 0 Å². The number of halogens is 1. The molecule has 0 atom stereocenters. The maximum atomic E-state index is 13.9. The summed E-state index contributed by atoms with van der Waals surface area (Å²) in [6.45, 7) is -0.0761. The molecular weight excluding hydrogens is 263 g/mol. The lowest BCUT2D eigenvalue weighted by Crippen LogP contribution is -2.06. The van der Waals surface area contributed by atoms with Gasteiger partial charge in [0, 0.05) is 5.56 Å². The predicted octanol–water partition coefficient (Wildman–Crippen LogP) is 3.11. The average molecular weight is 276 g/mol. The number of carbonyl (C=O) groups is 1. The molecular formula is C15H13FO4. The first kappa shape index (κ1) is 13.9. The van der Waals surface area contributed by atoms with Gasteiger partial charge in [0.1, 0.15) is 12.4 Å². The van der Waals surface area contributed by atoms with Crippen molar-refractivity contribution in [1.29, 1.82) is 0 Å². The number of ether oxygens (including phenoxy) is 2. The quantitative estimate of drug-likeness (QED) is 0.911. The summed E-state index contributed by atoms with van der Waals surface area (Å²) in [6.07, 6.45) is 0. The molecule has 2 aromatic rings. The Morgan fingerprint density at radius 2 is 1.85 bits per heavy atom. The first-order valence-corrected chi connectivity index (χ1v) is 5.90. The van der Waals surface area contributed by atoms with E-state index in [1.165, 1.54) is 25.3 Å². The van der Waals surface area contributed by atoms with E-state index in [1.54, 1.807) is 24.3 Å². The van der Waals surface area contributed by atoms with Gasteiger partial charge in [-0.2, -0.15) is 0 Å². The number of aromatic carboxylic acids is 1. The van der Waals surface area contributed by atoms with Gasteiger partial charge in [0.25, 0.3) is 0 Å². The highest BCUT2D eigenvalue weighted by atomic mass is 19.1. The highest BCUT2D eigenvalue weighted by Crippen LogP contribution is 2.27. The van der Waals surface area contributed by atoms with Crippen molar-refractivity contribution in [3.05, 3.63) is 59.4 Å². The Balaban J connectivity index is 2.19. The minimum atomic E-state index is -1.30. The van der Waals surface area contributed by atoms with Crippen LogP contribution in [-0.4, -0.2) is 18.2 Å². The van der Waals surface area contributed by atoms with Crippen LogP contribution in [0, 0.1) is 5.82 Å². The Morgan fingerprint density at radius 1 is 1.15 bits per heavy atom. The third kappa shape index (κ3) is 2.88. The maximum absolute atomic E-state index is 13.9. The number of rotatable bonds is 5. The molecule has 0 fully saturated rings. The summed E-state index contributed by atoms with van der Waals surface area (Å²) in [5.74, 6) is -1.09. The van der Waals surface area contributed by atoms with Gasteiger partial charge in [-0.3, -0.25) is 0 Å². The van der Waals surface area contributed by atoms with Gasteiger partial charge < -0.3 is 14.6 Å². The van der Waals surface area contributed by atoms with E-state index in [0.29, 0.717) is 11.5 Å². The van der Waals surface area contributed by atoms with Gasteiger partial charge in [0.15, 0.2) is 11.5 Å². The summed E-state index contributed by atoms with van der Waals surface area (Å²) in [7, 11) is 1.51. The fraction of sp³-hybridized carbons (Fsp3) is 0.133. The molecule has 104 valence electrons. The standard InChI is InChI=1S/C15H13FO4/c1-19-12-7-2-3-8-13(12)20-9-10-5-4-6-11(14(10)16)15(17)18/h2-8H,9H2,1H3,(H,17,18). The van der Waals surface area contributed by atoms with Crippen molar-refractivity contribution in [2.45, 2.75) is 6.61 Å². The minimum Gasteiger partial charge on any atom is -0.493 e. The summed E-state index contributed by atoms with van der Waals surface area (Å²) >= 11 is 0. The minimum absolute atomic E-state index is 0.0761. The molecule has 0 aliphatic heterocycles. The van der Waals surface area contributed by atoms with Crippen molar-refractivity contribution < 1.29 is 23.8 Å². The summed E-state index contributed by atoms with van der Waals surface area (Å²) in [5.41, 5.74) is -0.193. The van der Waals surface area contributed by atoms with E-state index in [2.05, 4.69) is 0 Å². The summed E-state index contributed by atoms with van der Waals surface area (Å²) < 4.78 is 24.5. The molecule has 2 aromatic carbocycles. The molecule has 0 aliphatic carbocycles. The third-order valence-corrected chi connectivity index (χ3v) is 2.76. The van der Waals surface area contributed by atoms with Crippen molar-refractivity contribution in [1.82, 2.24) is 0 Å². The number of hydrogen-bond acceptors (Lipinski definition) is 3. The Morgan fingerprint density at radius 3 is 2.50 bits per heavy atom. The van der Waals surface area contributed by atoms with Crippen LogP contribution in [0.3, 0.4) is 0 Å². The van der Waals surface area contributed by atoms with Crippen molar-refractivity contribution in [3.63, 3.8) is 0 Å². The second-order valence-electron chi connectivity index (χ2n) is 4.02. The topological polar surface area (TPSA) is 55.8 Å². The molecule has 4 nitrogen and oxygen atoms in total. The second-order valence-corrected chi connectivity index (χ2v) is 4.02. The van der Waals surface area contributed by atoms with Gasteiger partial charge in [-0.25, -0.2) is 9.18 Å². The van der Waals surface area contributed by atoms with E-state index in [4.69, 9.17) is 14.6 Å². The van der Waals surface area contributed by atoms with E-state index in [1.807, 2.05) is 0 Å². The number of hydrogen-bond donors (Lipinski definition) is 1. The molecule has 0 aromatic heterocycles. The second kappa shape index (κ2) is 6.06. The molecule has 0 radical (unpaired) electrons. The normalized spacial score (nSPS) is 10.1. The van der Waals surface area contributed by atoms with Crippen LogP contribution >= 0.6 is 0 Å². The molecule has 0 spiro atoms. The molecule has 0 bridgehead atoms. The smallest absolute Gasteiger partial charge is 0.338 e. The fourth-order valence-corrected chi connectivity index (χ4v) is 1.75. The zero-order valence-corrected chi connectivity index (χ0v) is 10.8. The number of benzene rings is 2. The van der Waals surface area contributed by atoms with Crippen LogP contribution in [0.5, 0.6) is 11.5 Å². The molecule has 0 heterocycles. The van der Waals surface area contributed by atoms with Crippen molar-refractivity contribution in [3.8, 4) is 11.5 Å². The molecule has 1 N–H and O–H groups in total. The Hall–Kier alpha value is -2.56. The van der Waals surface area contributed by atoms with Crippen LogP contribution in [0.15, 0.2) is 42.5 Å². The van der Waals surface area contributed by atoms with Gasteiger partial charge in [-0.1, -0.05) is 24.3 Å². The molecule has 0 saturated heterocycles. The van der Waals surface area contributed by atoms with Crippen LogP contribution in [0.1, 0.15) is 15.9 Å². The lowest BCUT2D eigenvalue weighted by atomic mass is 10.1. The van der Waals surface area contributed by atoms with E-state index in [-0.39, 0.29) is 17.7 Å². The number of para-hydroxylation sites is 2. The van der Waals surface area contributed by atoms with Gasteiger partial charge in [-0.05, 0) is 18.2 Å². The monoisotopic (exact) mass is 276 g/mol. The van der Waals surface area contributed by atoms with Gasteiger partial charge >= 0.3 is 5.97 Å². The largest absolute Gasteiger partial charge is 0.493 e. The molecule has 0 aliphatic rings.